The van der Waals surface area contributed by atoms with Crippen LogP contribution in [0.4, 0.5) is 0 Å². The van der Waals surface area contributed by atoms with Gasteiger partial charge in [-0.15, -0.1) is 11.3 Å². The first-order chi connectivity index (χ1) is 10.1. The number of hydrogen-bond donors (Lipinski definition) is 1. The van der Waals surface area contributed by atoms with Gasteiger partial charge >= 0.3 is 0 Å². The molecule has 1 unspecified atom stereocenters. The number of thiophene rings is 1. The number of benzene rings is 1. The summed E-state index contributed by atoms with van der Waals surface area (Å²) >= 11 is 7.28. The molecule has 1 amide bonds. The maximum atomic E-state index is 12.2. The zero-order chi connectivity index (χ0) is 15.2. The molecule has 6 heteroatoms. The second-order valence-corrected chi connectivity index (χ2v) is 5.97. The van der Waals surface area contributed by atoms with Crippen LogP contribution in [0.5, 0.6) is 5.75 Å². The van der Waals surface area contributed by atoms with Gasteiger partial charge < -0.3 is 15.4 Å². The van der Waals surface area contributed by atoms with E-state index in [1.807, 2.05) is 17.5 Å². The van der Waals surface area contributed by atoms with Gasteiger partial charge in [-0.2, -0.15) is 0 Å². The number of hydrogen-bond acceptors (Lipinski definition) is 4. The van der Waals surface area contributed by atoms with Gasteiger partial charge in [0.15, 0.2) is 0 Å². The van der Waals surface area contributed by atoms with Crippen LogP contribution in [0.25, 0.3) is 0 Å². The van der Waals surface area contributed by atoms with Crippen molar-refractivity contribution >= 4 is 28.8 Å². The van der Waals surface area contributed by atoms with E-state index in [1.54, 1.807) is 36.2 Å². The lowest BCUT2D eigenvalue weighted by molar-refractivity contribution is -0.131. The smallest absolute Gasteiger partial charge is 0.244 e. The lowest BCUT2D eigenvalue weighted by Crippen LogP contribution is -2.37. The van der Waals surface area contributed by atoms with E-state index in [1.165, 1.54) is 11.3 Å². The molecule has 21 heavy (non-hydrogen) atoms. The van der Waals surface area contributed by atoms with Crippen molar-refractivity contribution in [3.63, 3.8) is 0 Å². The SMILES string of the molecule is CN(CCOc1ccc(Cl)cc1)C(=O)C(N)c1cccs1. The molecular weight excluding hydrogens is 308 g/mol. The Kier molecular flexibility index (Phi) is 5.61. The van der Waals surface area contributed by atoms with E-state index < -0.39 is 6.04 Å². The summed E-state index contributed by atoms with van der Waals surface area (Å²) < 4.78 is 5.56. The van der Waals surface area contributed by atoms with Crippen molar-refractivity contribution in [2.75, 3.05) is 20.2 Å². The van der Waals surface area contributed by atoms with Gasteiger partial charge in [0.05, 0.1) is 6.54 Å². The highest BCUT2D eigenvalue weighted by Gasteiger charge is 2.20. The molecule has 112 valence electrons. The Morgan fingerprint density at radius 3 is 2.71 bits per heavy atom. The third kappa shape index (κ3) is 4.46. The Labute approximate surface area is 133 Å². The van der Waals surface area contributed by atoms with Crippen LogP contribution in [0.1, 0.15) is 10.9 Å². The molecule has 0 aliphatic rings. The van der Waals surface area contributed by atoms with E-state index in [0.717, 1.165) is 10.6 Å². The first kappa shape index (κ1) is 15.8. The maximum absolute atomic E-state index is 12.2. The highest BCUT2D eigenvalue weighted by molar-refractivity contribution is 7.10. The summed E-state index contributed by atoms with van der Waals surface area (Å²) in [5.74, 6) is 0.611. The molecule has 0 radical (unpaired) electrons. The number of carbonyl (C=O) groups is 1. The van der Waals surface area contributed by atoms with E-state index >= 15 is 0 Å². The van der Waals surface area contributed by atoms with E-state index in [9.17, 15) is 4.79 Å². The Bertz CT molecular complexity index is 572. The number of nitrogens with zero attached hydrogens (tertiary/aromatic N) is 1. The second-order valence-electron chi connectivity index (χ2n) is 4.56. The fourth-order valence-corrected chi connectivity index (χ4v) is 2.61. The predicted molar refractivity (Wildman–Crippen MR) is 85.8 cm³/mol. The number of likely N-dealkylation sites (N-methyl/N-ethyl adjacent to an activating group) is 1. The Morgan fingerprint density at radius 1 is 1.38 bits per heavy atom. The lowest BCUT2D eigenvalue weighted by Gasteiger charge is -2.20. The van der Waals surface area contributed by atoms with E-state index in [0.29, 0.717) is 18.2 Å². The normalized spacial score (nSPS) is 12.0. The first-order valence-electron chi connectivity index (χ1n) is 6.50. The number of rotatable bonds is 6. The van der Waals surface area contributed by atoms with Crippen molar-refractivity contribution in [3.8, 4) is 5.75 Å². The minimum absolute atomic E-state index is 0.114. The van der Waals surface area contributed by atoms with E-state index in [2.05, 4.69) is 0 Å². The van der Waals surface area contributed by atoms with Crippen LogP contribution in [0.2, 0.25) is 5.02 Å². The zero-order valence-corrected chi connectivity index (χ0v) is 13.2. The summed E-state index contributed by atoms with van der Waals surface area (Å²) in [5.41, 5.74) is 5.95. The van der Waals surface area contributed by atoms with Gasteiger partial charge in [-0.25, -0.2) is 0 Å². The third-order valence-corrected chi connectivity index (χ3v) is 4.21. The van der Waals surface area contributed by atoms with Crippen LogP contribution in [0.15, 0.2) is 41.8 Å². The topological polar surface area (TPSA) is 55.6 Å². The first-order valence-corrected chi connectivity index (χ1v) is 7.76. The molecular formula is C15H17ClN2O2S. The Hall–Kier alpha value is -1.56. The monoisotopic (exact) mass is 324 g/mol. The molecule has 0 saturated carbocycles. The molecule has 1 aromatic carbocycles. The molecule has 2 aromatic rings. The molecule has 0 saturated heterocycles. The summed E-state index contributed by atoms with van der Waals surface area (Å²) in [6.07, 6.45) is 0. The molecule has 0 fully saturated rings. The van der Waals surface area contributed by atoms with Gasteiger partial charge in [0.1, 0.15) is 18.4 Å². The molecule has 1 heterocycles. The molecule has 0 aliphatic heterocycles. The third-order valence-electron chi connectivity index (χ3n) is 3.00. The van der Waals surface area contributed by atoms with Crippen LogP contribution in [-0.2, 0) is 4.79 Å². The molecule has 1 atom stereocenters. The maximum Gasteiger partial charge on any atom is 0.244 e. The second kappa shape index (κ2) is 7.45. The standard InChI is InChI=1S/C15H17ClN2O2S/c1-18(15(19)14(17)13-3-2-10-21-13)8-9-20-12-6-4-11(16)5-7-12/h2-7,10,14H,8-9,17H2,1H3. The van der Waals surface area contributed by atoms with Gasteiger partial charge in [0.25, 0.3) is 0 Å². The van der Waals surface area contributed by atoms with Crippen molar-refractivity contribution < 1.29 is 9.53 Å². The van der Waals surface area contributed by atoms with Crippen LogP contribution in [0, 0.1) is 0 Å². The average Bonchev–Trinajstić information content (AvgIpc) is 3.02. The molecule has 1 aromatic heterocycles. The zero-order valence-electron chi connectivity index (χ0n) is 11.7. The van der Waals surface area contributed by atoms with Crippen molar-refractivity contribution in [1.29, 1.82) is 0 Å². The summed E-state index contributed by atoms with van der Waals surface area (Å²) in [7, 11) is 1.72. The molecule has 0 spiro atoms. The van der Waals surface area contributed by atoms with Crippen molar-refractivity contribution in [3.05, 3.63) is 51.7 Å². The van der Waals surface area contributed by atoms with Gasteiger partial charge in [-0.1, -0.05) is 17.7 Å². The Morgan fingerprint density at radius 2 is 2.10 bits per heavy atom. The van der Waals surface area contributed by atoms with Gasteiger partial charge in [-0.3, -0.25) is 4.79 Å². The van der Waals surface area contributed by atoms with Crippen LogP contribution in [0.3, 0.4) is 0 Å². The summed E-state index contributed by atoms with van der Waals surface area (Å²) in [6, 6.07) is 10.3. The van der Waals surface area contributed by atoms with Crippen molar-refractivity contribution in [1.82, 2.24) is 4.90 Å². The number of amides is 1. The minimum Gasteiger partial charge on any atom is -0.492 e. The summed E-state index contributed by atoms with van der Waals surface area (Å²) in [6.45, 7) is 0.877. The predicted octanol–water partition coefficient (Wildman–Crippen LogP) is 2.94. The number of ether oxygens (including phenoxy) is 1. The quantitative estimate of drug-likeness (QED) is 0.888. The molecule has 0 aliphatic carbocycles. The fraction of sp³-hybridized carbons (Fsp3) is 0.267. The van der Waals surface area contributed by atoms with Crippen molar-refractivity contribution in [2.24, 2.45) is 5.73 Å². The number of carbonyl (C=O) groups excluding carboxylic acids is 1. The molecule has 2 N–H and O–H groups in total. The Balaban J connectivity index is 1.80. The molecule has 0 bridgehead atoms. The molecule has 2 rings (SSSR count). The highest BCUT2D eigenvalue weighted by atomic mass is 35.5. The fourth-order valence-electron chi connectivity index (χ4n) is 1.77. The highest BCUT2D eigenvalue weighted by Crippen LogP contribution is 2.18. The largest absolute Gasteiger partial charge is 0.492 e. The lowest BCUT2D eigenvalue weighted by atomic mass is 10.2. The van der Waals surface area contributed by atoms with Crippen LogP contribution >= 0.6 is 22.9 Å². The van der Waals surface area contributed by atoms with Crippen LogP contribution < -0.4 is 10.5 Å². The molecule has 4 nitrogen and oxygen atoms in total. The number of nitrogens with two attached hydrogens (primary N) is 1. The van der Waals surface area contributed by atoms with Gasteiger partial charge in [-0.05, 0) is 35.7 Å². The van der Waals surface area contributed by atoms with E-state index in [4.69, 9.17) is 22.1 Å². The van der Waals surface area contributed by atoms with Gasteiger partial charge in [0, 0.05) is 16.9 Å². The summed E-state index contributed by atoms with van der Waals surface area (Å²) in [4.78, 5) is 14.6. The van der Waals surface area contributed by atoms with E-state index in [-0.39, 0.29) is 5.91 Å². The minimum atomic E-state index is -0.606. The summed E-state index contributed by atoms with van der Waals surface area (Å²) in [5, 5.41) is 2.57. The van der Waals surface area contributed by atoms with Crippen LogP contribution in [-0.4, -0.2) is 31.0 Å². The average molecular weight is 325 g/mol. The van der Waals surface area contributed by atoms with Crippen molar-refractivity contribution in [2.45, 2.75) is 6.04 Å². The number of halogens is 1. The van der Waals surface area contributed by atoms with Gasteiger partial charge in [0.2, 0.25) is 5.91 Å².